The summed E-state index contributed by atoms with van der Waals surface area (Å²) >= 11 is 1.35. The summed E-state index contributed by atoms with van der Waals surface area (Å²) in [5.74, 6) is 1.22. The fourth-order valence-corrected chi connectivity index (χ4v) is 2.90. The van der Waals surface area contributed by atoms with Gasteiger partial charge in [0.25, 0.3) is 0 Å². The maximum absolute atomic E-state index is 12.0. The molecule has 8 heteroatoms. The SMILES string of the molecule is COc1ccc(OC)c(-c2csc(NC(=O)Cn3cccn3)n2)c1. The zero-order valence-corrected chi connectivity index (χ0v) is 14.0. The summed E-state index contributed by atoms with van der Waals surface area (Å²) < 4.78 is 12.2. The summed E-state index contributed by atoms with van der Waals surface area (Å²) in [4.78, 5) is 16.5. The molecule has 2 heterocycles. The third kappa shape index (κ3) is 3.54. The van der Waals surface area contributed by atoms with Gasteiger partial charge in [-0.1, -0.05) is 0 Å². The first-order valence-corrected chi connectivity index (χ1v) is 8.03. The second kappa shape index (κ2) is 7.14. The Balaban J connectivity index is 1.77. The lowest BCUT2D eigenvalue weighted by atomic mass is 10.1. The summed E-state index contributed by atoms with van der Waals surface area (Å²) in [7, 11) is 3.21. The molecule has 3 rings (SSSR count). The van der Waals surface area contributed by atoms with E-state index < -0.39 is 0 Å². The largest absolute Gasteiger partial charge is 0.497 e. The van der Waals surface area contributed by atoms with Gasteiger partial charge in [-0.2, -0.15) is 5.10 Å². The standard InChI is InChI=1S/C16H16N4O3S/c1-22-11-4-5-14(23-2)12(8-11)13-10-24-16(18-13)19-15(21)9-20-7-3-6-17-20/h3-8,10H,9H2,1-2H3,(H,18,19,21). The molecule has 1 aromatic carbocycles. The van der Waals surface area contributed by atoms with Crippen LogP contribution in [-0.2, 0) is 11.3 Å². The van der Waals surface area contributed by atoms with E-state index in [1.165, 1.54) is 11.3 Å². The molecule has 0 radical (unpaired) electrons. The molecule has 3 aromatic rings. The number of hydrogen-bond acceptors (Lipinski definition) is 6. The first kappa shape index (κ1) is 16.0. The number of rotatable bonds is 6. The Morgan fingerprint density at radius 2 is 2.21 bits per heavy atom. The minimum Gasteiger partial charge on any atom is -0.497 e. The van der Waals surface area contributed by atoms with Crippen LogP contribution in [0.2, 0.25) is 0 Å². The number of methoxy groups -OCH3 is 2. The lowest BCUT2D eigenvalue weighted by Crippen LogP contribution is -2.18. The van der Waals surface area contributed by atoms with Crippen molar-refractivity contribution in [2.24, 2.45) is 0 Å². The Labute approximate surface area is 142 Å². The highest BCUT2D eigenvalue weighted by molar-refractivity contribution is 7.14. The van der Waals surface area contributed by atoms with Crippen molar-refractivity contribution in [3.8, 4) is 22.8 Å². The molecule has 124 valence electrons. The fourth-order valence-electron chi connectivity index (χ4n) is 2.17. The summed E-state index contributed by atoms with van der Waals surface area (Å²) in [6.07, 6.45) is 3.36. The number of anilines is 1. The molecule has 0 saturated heterocycles. The minimum absolute atomic E-state index is 0.143. The van der Waals surface area contributed by atoms with E-state index >= 15 is 0 Å². The second-order valence-corrected chi connectivity index (χ2v) is 5.71. The number of thiazole rings is 1. The highest BCUT2D eigenvalue weighted by atomic mass is 32.1. The van der Waals surface area contributed by atoms with Crippen LogP contribution in [0, 0.1) is 0 Å². The molecule has 0 fully saturated rings. The molecule has 1 N–H and O–H groups in total. The van der Waals surface area contributed by atoms with Crippen LogP contribution < -0.4 is 14.8 Å². The van der Waals surface area contributed by atoms with E-state index in [1.54, 1.807) is 37.4 Å². The van der Waals surface area contributed by atoms with E-state index in [1.807, 2.05) is 23.6 Å². The van der Waals surface area contributed by atoms with Crippen LogP contribution in [0.4, 0.5) is 5.13 Å². The quantitative estimate of drug-likeness (QED) is 0.744. The average molecular weight is 344 g/mol. The van der Waals surface area contributed by atoms with E-state index in [0.29, 0.717) is 22.3 Å². The van der Waals surface area contributed by atoms with Gasteiger partial charge in [-0.25, -0.2) is 4.98 Å². The molecular formula is C16H16N4O3S. The molecule has 0 saturated carbocycles. The fraction of sp³-hybridized carbons (Fsp3) is 0.188. The third-order valence-electron chi connectivity index (χ3n) is 3.30. The molecule has 0 aliphatic carbocycles. The summed E-state index contributed by atoms with van der Waals surface area (Å²) in [6.45, 7) is 0.143. The molecule has 0 unspecified atom stereocenters. The first-order valence-electron chi connectivity index (χ1n) is 7.15. The maximum atomic E-state index is 12.0. The van der Waals surface area contributed by atoms with Gasteiger partial charge in [-0.15, -0.1) is 11.3 Å². The number of carbonyl (C=O) groups is 1. The third-order valence-corrected chi connectivity index (χ3v) is 4.06. The second-order valence-electron chi connectivity index (χ2n) is 4.86. The zero-order chi connectivity index (χ0) is 16.9. The molecule has 0 aliphatic heterocycles. The van der Waals surface area contributed by atoms with Crippen LogP contribution in [0.3, 0.4) is 0 Å². The van der Waals surface area contributed by atoms with Gasteiger partial charge in [-0.3, -0.25) is 9.48 Å². The van der Waals surface area contributed by atoms with Crippen molar-refractivity contribution in [2.45, 2.75) is 6.54 Å². The highest BCUT2D eigenvalue weighted by Gasteiger charge is 2.13. The van der Waals surface area contributed by atoms with Crippen molar-refractivity contribution in [1.82, 2.24) is 14.8 Å². The van der Waals surface area contributed by atoms with Crippen LogP contribution in [0.1, 0.15) is 0 Å². The van der Waals surface area contributed by atoms with Gasteiger partial charge in [0.1, 0.15) is 18.0 Å². The normalized spacial score (nSPS) is 10.4. The number of aromatic nitrogens is 3. The molecule has 0 bridgehead atoms. The number of amides is 1. The van der Waals surface area contributed by atoms with E-state index in [9.17, 15) is 4.79 Å². The lowest BCUT2D eigenvalue weighted by molar-refractivity contribution is -0.116. The number of nitrogens with zero attached hydrogens (tertiary/aromatic N) is 3. The van der Waals surface area contributed by atoms with Crippen molar-refractivity contribution in [2.75, 3.05) is 19.5 Å². The Kier molecular flexibility index (Phi) is 4.76. The number of hydrogen-bond donors (Lipinski definition) is 1. The molecule has 0 spiro atoms. The number of benzene rings is 1. The Bertz CT molecular complexity index is 830. The predicted molar refractivity (Wildman–Crippen MR) is 91.5 cm³/mol. The van der Waals surface area contributed by atoms with E-state index in [4.69, 9.17) is 9.47 Å². The molecule has 0 aliphatic rings. The van der Waals surface area contributed by atoms with Gasteiger partial charge < -0.3 is 14.8 Å². The van der Waals surface area contributed by atoms with Gasteiger partial charge in [0.2, 0.25) is 5.91 Å². The van der Waals surface area contributed by atoms with Crippen LogP contribution in [0.5, 0.6) is 11.5 Å². The summed E-state index contributed by atoms with van der Waals surface area (Å²) in [5, 5.41) is 9.16. The van der Waals surface area contributed by atoms with Crippen molar-refractivity contribution < 1.29 is 14.3 Å². The molecule has 2 aromatic heterocycles. The van der Waals surface area contributed by atoms with Gasteiger partial charge in [-0.05, 0) is 24.3 Å². The molecule has 0 atom stereocenters. The van der Waals surface area contributed by atoms with Crippen molar-refractivity contribution >= 4 is 22.4 Å². The topological polar surface area (TPSA) is 78.3 Å². The van der Waals surface area contributed by atoms with Crippen LogP contribution in [0.25, 0.3) is 11.3 Å². The zero-order valence-electron chi connectivity index (χ0n) is 13.2. The lowest BCUT2D eigenvalue weighted by Gasteiger charge is -2.08. The number of ether oxygens (including phenoxy) is 2. The van der Waals surface area contributed by atoms with Crippen LogP contribution >= 0.6 is 11.3 Å². The Morgan fingerprint density at radius 3 is 2.92 bits per heavy atom. The summed E-state index contributed by atoms with van der Waals surface area (Å²) in [6, 6.07) is 7.26. The van der Waals surface area contributed by atoms with E-state index in [0.717, 1.165) is 5.56 Å². The van der Waals surface area contributed by atoms with Crippen LogP contribution in [0.15, 0.2) is 42.0 Å². The van der Waals surface area contributed by atoms with Crippen LogP contribution in [-0.4, -0.2) is 34.9 Å². The summed E-state index contributed by atoms with van der Waals surface area (Å²) in [5.41, 5.74) is 1.52. The van der Waals surface area contributed by atoms with Gasteiger partial charge >= 0.3 is 0 Å². The smallest absolute Gasteiger partial charge is 0.247 e. The average Bonchev–Trinajstić information content (AvgIpc) is 3.26. The minimum atomic E-state index is -0.183. The molecule has 7 nitrogen and oxygen atoms in total. The Hall–Kier alpha value is -2.87. The molecule has 24 heavy (non-hydrogen) atoms. The van der Waals surface area contributed by atoms with E-state index in [2.05, 4.69) is 15.4 Å². The van der Waals surface area contributed by atoms with E-state index in [-0.39, 0.29) is 12.5 Å². The predicted octanol–water partition coefficient (Wildman–Crippen LogP) is 2.66. The first-order chi connectivity index (χ1) is 11.7. The highest BCUT2D eigenvalue weighted by Crippen LogP contribution is 2.34. The van der Waals surface area contributed by atoms with Gasteiger partial charge in [0.05, 0.1) is 19.9 Å². The Morgan fingerprint density at radius 1 is 1.33 bits per heavy atom. The molecular weight excluding hydrogens is 328 g/mol. The number of carbonyl (C=O) groups excluding carboxylic acids is 1. The molecule has 1 amide bonds. The van der Waals surface area contributed by atoms with Crippen molar-refractivity contribution in [1.29, 1.82) is 0 Å². The number of nitrogens with one attached hydrogen (secondary N) is 1. The monoisotopic (exact) mass is 344 g/mol. The van der Waals surface area contributed by atoms with Crippen molar-refractivity contribution in [3.05, 3.63) is 42.0 Å². The van der Waals surface area contributed by atoms with Crippen molar-refractivity contribution in [3.63, 3.8) is 0 Å². The van der Waals surface area contributed by atoms with Gasteiger partial charge in [0, 0.05) is 23.3 Å². The maximum Gasteiger partial charge on any atom is 0.247 e. The van der Waals surface area contributed by atoms with Gasteiger partial charge in [0.15, 0.2) is 5.13 Å².